The van der Waals surface area contributed by atoms with Crippen molar-refractivity contribution in [3.8, 4) is 5.75 Å². The monoisotopic (exact) mass is 333 g/mol. The minimum Gasteiger partial charge on any atom is -0.497 e. The molecule has 1 atom stereocenters. The van der Waals surface area contributed by atoms with Gasteiger partial charge in [-0.25, -0.2) is 0 Å². The largest absolute Gasteiger partial charge is 0.497 e. The molecule has 4 heteroatoms. The zero-order valence-corrected chi connectivity index (χ0v) is 15.1. The SMILES string of the molecule is CCOCC[C@H]1CCOC12CCN(Cc1cccc(OC)c1)CC2. The van der Waals surface area contributed by atoms with Crippen LogP contribution in [0.1, 0.15) is 38.2 Å². The first-order valence-electron chi connectivity index (χ1n) is 9.33. The van der Waals surface area contributed by atoms with E-state index in [0.717, 1.165) is 64.5 Å². The van der Waals surface area contributed by atoms with Gasteiger partial charge in [0.1, 0.15) is 5.75 Å². The predicted molar refractivity (Wildman–Crippen MR) is 95.4 cm³/mol. The lowest BCUT2D eigenvalue weighted by molar-refractivity contribution is -0.0728. The molecule has 2 saturated heterocycles. The Labute approximate surface area is 146 Å². The highest BCUT2D eigenvalue weighted by Crippen LogP contribution is 2.42. The summed E-state index contributed by atoms with van der Waals surface area (Å²) in [6.07, 6.45) is 4.63. The zero-order chi connectivity index (χ0) is 16.8. The number of ether oxygens (including phenoxy) is 3. The topological polar surface area (TPSA) is 30.9 Å². The standard InChI is InChI=1S/C20H31NO3/c1-3-23-13-7-18-8-14-24-20(18)9-11-21(12-10-20)16-17-5-4-6-19(15-17)22-2/h4-6,15,18H,3,7-14,16H2,1-2H3/t18-/m0/s1. The Hall–Kier alpha value is -1.10. The molecule has 0 radical (unpaired) electrons. The maximum Gasteiger partial charge on any atom is 0.119 e. The molecule has 2 fully saturated rings. The van der Waals surface area contributed by atoms with Gasteiger partial charge < -0.3 is 14.2 Å². The van der Waals surface area contributed by atoms with E-state index in [4.69, 9.17) is 14.2 Å². The summed E-state index contributed by atoms with van der Waals surface area (Å²) >= 11 is 0. The van der Waals surface area contributed by atoms with Crippen LogP contribution in [0.25, 0.3) is 0 Å². The quantitative estimate of drug-likeness (QED) is 0.715. The number of likely N-dealkylation sites (tertiary alicyclic amines) is 1. The molecule has 0 N–H and O–H groups in total. The Bertz CT molecular complexity index is 511. The van der Waals surface area contributed by atoms with Gasteiger partial charge in [0.15, 0.2) is 0 Å². The molecule has 3 rings (SSSR count). The summed E-state index contributed by atoms with van der Waals surface area (Å²) in [5, 5.41) is 0. The van der Waals surface area contributed by atoms with Gasteiger partial charge in [0, 0.05) is 39.5 Å². The van der Waals surface area contributed by atoms with E-state index in [1.807, 2.05) is 6.07 Å². The normalized spacial score (nSPS) is 23.7. The van der Waals surface area contributed by atoms with Crippen molar-refractivity contribution in [3.05, 3.63) is 29.8 Å². The smallest absolute Gasteiger partial charge is 0.119 e. The van der Waals surface area contributed by atoms with Gasteiger partial charge in [0.2, 0.25) is 0 Å². The number of benzene rings is 1. The summed E-state index contributed by atoms with van der Waals surface area (Å²) in [6.45, 7) is 7.90. The van der Waals surface area contributed by atoms with Crippen LogP contribution in [0.15, 0.2) is 24.3 Å². The van der Waals surface area contributed by atoms with Crippen molar-refractivity contribution in [2.24, 2.45) is 5.92 Å². The van der Waals surface area contributed by atoms with Gasteiger partial charge in [-0.3, -0.25) is 4.90 Å². The molecule has 0 aromatic heterocycles. The average molecular weight is 333 g/mol. The third-order valence-electron chi connectivity index (χ3n) is 5.66. The Morgan fingerprint density at radius 1 is 1.29 bits per heavy atom. The first-order valence-corrected chi connectivity index (χ1v) is 9.33. The van der Waals surface area contributed by atoms with Gasteiger partial charge in [-0.1, -0.05) is 12.1 Å². The highest BCUT2D eigenvalue weighted by atomic mass is 16.5. The average Bonchev–Trinajstić information content (AvgIpc) is 3.00. The summed E-state index contributed by atoms with van der Waals surface area (Å²) in [6, 6.07) is 8.40. The first kappa shape index (κ1) is 17.7. The van der Waals surface area contributed by atoms with E-state index < -0.39 is 0 Å². The van der Waals surface area contributed by atoms with Crippen LogP contribution in [-0.4, -0.2) is 50.5 Å². The van der Waals surface area contributed by atoms with Crippen molar-refractivity contribution in [2.75, 3.05) is 40.0 Å². The maximum absolute atomic E-state index is 6.26. The fourth-order valence-corrected chi connectivity index (χ4v) is 4.23. The molecule has 0 aliphatic carbocycles. The van der Waals surface area contributed by atoms with Crippen LogP contribution < -0.4 is 4.74 Å². The van der Waals surface area contributed by atoms with Crippen molar-refractivity contribution in [2.45, 2.75) is 44.8 Å². The molecule has 1 spiro atoms. The van der Waals surface area contributed by atoms with Gasteiger partial charge in [-0.2, -0.15) is 0 Å². The molecular weight excluding hydrogens is 302 g/mol. The highest BCUT2D eigenvalue weighted by Gasteiger charge is 2.45. The lowest BCUT2D eigenvalue weighted by Gasteiger charge is -2.42. The van der Waals surface area contributed by atoms with Gasteiger partial charge >= 0.3 is 0 Å². The lowest BCUT2D eigenvalue weighted by atomic mass is 9.78. The van der Waals surface area contributed by atoms with Crippen molar-refractivity contribution >= 4 is 0 Å². The van der Waals surface area contributed by atoms with E-state index in [9.17, 15) is 0 Å². The van der Waals surface area contributed by atoms with E-state index >= 15 is 0 Å². The summed E-state index contributed by atoms with van der Waals surface area (Å²) in [5.41, 5.74) is 1.44. The number of piperidine rings is 1. The molecule has 1 aromatic carbocycles. The number of hydrogen-bond donors (Lipinski definition) is 0. The summed E-state index contributed by atoms with van der Waals surface area (Å²) in [4.78, 5) is 2.54. The molecule has 2 aliphatic rings. The Balaban J connectivity index is 1.52. The van der Waals surface area contributed by atoms with E-state index in [-0.39, 0.29) is 5.60 Å². The van der Waals surface area contributed by atoms with E-state index in [2.05, 4.69) is 30.0 Å². The fourth-order valence-electron chi connectivity index (χ4n) is 4.23. The fraction of sp³-hybridized carbons (Fsp3) is 0.700. The van der Waals surface area contributed by atoms with Crippen LogP contribution in [0.3, 0.4) is 0 Å². The minimum absolute atomic E-state index is 0.113. The van der Waals surface area contributed by atoms with Gasteiger partial charge in [-0.05, 0) is 56.2 Å². The molecule has 134 valence electrons. The van der Waals surface area contributed by atoms with Crippen LogP contribution >= 0.6 is 0 Å². The Kier molecular flexibility index (Phi) is 6.14. The molecular formula is C20H31NO3. The second kappa shape index (κ2) is 8.32. The second-order valence-electron chi connectivity index (χ2n) is 7.01. The number of methoxy groups -OCH3 is 1. The molecule has 0 saturated carbocycles. The number of hydrogen-bond acceptors (Lipinski definition) is 4. The lowest BCUT2D eigenvalue weighted by Crippen LogP contribution is -2.47. The summed E-state index contributed by atoms with van der Waals surface area (Å²) in [5.74, 6) is 1.61. The van der Waals surface area contributed by atoms with Gasteiger partial charge in [0.25, 0.3) is 0 Å². The van der Waals surface area contributed by atoms with E-state index in [0.29, 0.717) is 5.92 Å². The molecule has 0 amide bonds. The van der Waals surface area contributed by atoms with Gasteiger partial charge in [0.05, 0.1) is 12.7 Å². The first-order chi connectivity index (χ1) is 11.8. The van der Waals surface area contributed by atoms with Crippen LogP contribution in [-0.2, 0) is 16.0 Å². The highest BCUT2D eigenvalue weighted by molar-refractivity contribution is 5.28. The van der Waals surface area contributed by atoms with E-state index in [1.54, 1.807) is 7.11 Å². The number of nitrogens with zero attached hydrogens (tertiary/aromatic N) is 1. The third kappa shape index (κ3) is 4.11. The predicted octanol–water partition coefficient (Wildman–Crippen LogP) is 3.49. The molecule has 24 heavy (non-hydrogen) atoms. The molecule has 4 nitrogen and oxygen atoms in total. The summed E-state index contributed by atoms with van der Waals surface area (Å²) in [7, 11) is 1.73. The molecule has 0 unspecified atom stereocenters. The molecule has 0 bridgehead atoms. The molecule has 2 aliphatic heterocycles. The van der Waals surface area contributed by atoms with Crippen LogP contribution in [0, 0.1) is 5.92 Å². The maximum atomic E-state index is 6.26. The van der Waals surface area contributed by atoms with Crippen LogP contribution in [0.5, 0.6) is 5.75 Å². The van der Waals surface area contributed by atoms with Crippen LogP contribution in [0.2, 0.25) is 0 Å². The Morgan fingerprint density at radius 3 is 2.88 bits per heavy atom. The number of rotatable bonds is 7. The van der Waals surface area contributed by atoms with Crippen molar-refractivity contribution in [1.82, 2.24) is 4.90 Å². The molecule has 1 aromatic rings. The third-order valence-corrected chi connectivity index (χ3v) is 5.66. The van der Waals surface area contributed by atoms with Crippen molar-refractivity contribution < 1.29 is 14.2 Å². The molecule has 2 heterocycles. The van der Waals surface area contributed by atoms with E-state index in [1.165, 1.54) is 12.0 Å². The minimum atomic E-state index is 0.113. The second-order valence-corrected chi connectivity index (χ2v) is 7.01. The van der Waals surface area contributed by atoms with Gasteiger partial charge in [-0.15, -0.1) is 0 Å². The zero-order valence-electron chi connectivity index (χ0n) is 15.1. The summed E-state index contributed by atoms with van der Waals surface area (Å²) < 4.78 is 17.2. The van der Waals surface area contributed by atoms with Crippen molar-refractivity contribution in [1.29, 1.82) is 0 Å². The van der Waals surface area contributed by atoms with Crippen LogP contribution in [0.4, 0.5) is 0 Å². The Morgan fingerprint density at radius 2 is 2.12 bits per heavy atom. The van der Waals surface area contributed by atoms with Crippen molar-refractivity contribution in [3.63, 3.8) is 0 Å².